The summed E-state index contributed by atoms with van der Waals surface area (Å²) >= 11 is 0. The van der Waals surface area contributed by atoms with Crippen LogP contribution in [0.5, 0.6) is 11.5 Å². The molecule has 2 atom stereocenters. The molecular weight excluding hydrogens is 346 g/mol. The van der Waals surface area contributed by atoms with Crippen LogP contribution in [-0.2, 0) is 17.8 Å². The molecule has 1 aliphatic rings. The summed E-state index contributed by atoms with van der Waals surface area (Å²) in [7, 11) is 1.56. The Kier molecular flexibility index (Phi) is 6.26. The van der Waals surface area contributed by atoms with Crippen molar-refractivity contribution >= 4 is 5.91 Å². The minimum absolute atomic E-state index is 0.190. The lowest BCUT2D eigenvalue weighted by molar-refractivity contribution is -0.119. The number of β-amino-alcohol motifs (C(OH)–C–C–N with tert-alkyl or cyclic N) is 1. The fraction of sp³-hybridized carbons (Fsp3) is 0.400. The molecule has 0 radical (unpaired) electrons. The number of nitrogens with two attached hydrogens (primary N) is 1. The lowest BCUT2D eigenvalue weighted by Crippen LogP contribution is -2.21. The number of hydrogen-bond donors (Lipinski definition) is 2. The van der Waals surface area contributed by atoms with Gasteiger partial charge in [-0.2, -0.15) is 0 Å². The summed E-state index contributed by atoms with van der Waals surface area (Å²) < 4.78 is 10.7. The second-order valence-electron chi connectivity index (χ2n) is 6.82. The van der Waals surface area contributed by atoms with Gasteiger partial charge in [0.25, 0.3) is 5.91 Å². The van der Waals surface area contributed by atoms with Crippen molar-refractivity contribution in [2.75, 3.05) is 26.8 Å². The summed E-state index contributed by atoms with van der Waals surface area (Å²) in [6.07, 6.45) is 4.05. The number of amides is 1. The van der Waals surface area contributed by atoms with Crippen molar-refractivity contribution in [1.82, 2.24) is 9.88 Å². The highest BCUT2D eigenvalue weighted by molar-refractivity contribution is 5.75. The van der Waals surface area contributed by atoms with Crippen molar-refractivity contribution < 1.29 is 19.4 Å². The Morgan fingerprint density at radius 1 is 1.22 bits per heavy atom. The van der Waals surface area contributed by atoms with Crippen LogP contribution in [0.3, 0.4) is 0 Å². The molecule has 2 heterocycles. The highest BCUT2D eigenvalue weighted by Crippen LogP contribution is 2.30. The molecule has 1 aromatic heterocycles. The Labute approximate surface area is 158 Å². The number of hydrogen-bond acceptors (Lipinski definition) is 6. The normalized spacial score (nSPS) is 19.8. The van der Waals surface area contributed by atoms with E-state index in [1.54, 1.807) is 25.6 Å². The number of rotatable bonds is 8. The SMILES string of the molecule is COc1cc(CN2C[C@@H](Cc3ccncc3)[C@H](O)C2)ccc1OCC(N)=O. The maximum absolute atomic E-state index is 10.9. The number of aliphatic hydroxyl groups is 1. The van der Waals surface area contributed by atoms with E-state index < -0.39 is 5.91 Å². The smallest absolute Gasteiger partial charge is 0.255 e. The number of aromatic nitrogens is 1. The summed E-state index contributed by atoms with van der Waals surface area (Å²) in [5, 5.41) is 10.4. The van der Waals surface area contributed by atoms with Crippen molar-refractivity contribution in [1.29, 1.82) is 0 Å². The van der Waals surface area contributed by atoms with Crippen LogP contribution in [0.2, 0.25) is 0 Å². The van der Waals surface area contributed by atoms with Gasteiger partial charge in [-0.1, -0.05) is 6.07 Å². The molecule has 7 nitrogen and oxygen atoms in total. The van der Waals surface area contributed by atoms with Crippen LogP contribution >= 0.6 is 0 Å². The predicted molar refractivity (Wildman–Crippen MR) is 100 cm³/mol. The van der Waals surface area contributed by atoms with Crippen LogP contribution in [0, 0.1) is 5.92 Å². The third kappa shape index (κ3) is 5.18. The summed E-state index contributed by atoms with van der Waals surface area (Å²) in [4.78, 5) is 17.2. The summed E-state index contributed by atoms with van der Waals surface area (Å²) in [5.41, 5.74) is 7.35. The van der Waals surface area contributed by atoms with E-state index in [0.717, 1.165) is 18.5 Å². The first-order chi connectivity index (χ1) is 13.0. The van der Waals surface area contributed by atoms with E-state index in [1.165, 1.54) is 5.56 Å². The molecule has 3 rings (SSSR count). The Morgan fingerprint density at radius 3 is 2.70 bits per heavy atom. The average Bonchev–Trinajstić information content (AvgIpc) is 3.00. The first kappa shape index (κ1) is 19.1. The number of carbonyl (C=O) groups is 1. The second-order valence-corrected chi connectivity index (χ2v) is 6.82. The minimum Gasteiger partial charge on any atom is -0.493 e. The number of carbonyl (C=O) groups excluding carboxylic acids is 1. The molecule has 1 saturated heterocycles. The molecular formula is C20H25N3O4. The van der Waals surface area contributed by atoms with Gasteiger partial charge in [0.1, 0.15) is 0 Å². The Bertz CT molecular complexity index is 769. The van der Waals surface area contributed by atoms with Crippen molar-refractivity contribution in [3.05, 3.63) is 53.9 Å². The van der Waals surface area contributed by atoms with Crippen molar-refractivity contribution in [2.24, 2.45) is 11.7 Å². The summed E-state index contributed by atoms with van der Waals surface area (Å²) in [5.74, 6) is 0.707. The number of aliphatic hydroxyl groups excluding tert-OH is 1. The minimum atomic E-state index is -0.535. The van der Waals surface area contributed by atoms with Crippen LogP contribution < -0.4 is 15.2 Å². The topological polar surface area (TPSA) is 97.9 Å². The Hall–Kier alpha value is -2.64. The second kappa shape index (κ2) is 8.83. The van der Waals surface area contributed by atoms with Gasteiger partial charge in [-0.25, -0.2) is 0 Å². The lowest BCUT2D eigenvalue weighted by atomic mass is 9.97. The fourth-order valence-electron chi connectivity index (χ4n) is 3.43. The number of benzene rings is 1. The van der Waals surface area contributed by atoms with Gasteiger partial charge in [0.2, 0.25) is 0 Å². The monoisotopic (exact) mass is 371 g/mol. The van der Waals surface area contributed by atoms with Crippen LogP contribution in [0.25, 0.3) is 0 Å². The van der Waals surface area contributed by atoms with E-state index in [-0.39, 0.29) is 18.6 Å². The van der Waals surface area contributed by atoms with Gasteiger partial charge in [-0.15, -0.1) is 0 Å². The first-order valence-corrected chi connectivity index (χ1v) is 8.92. The van der Waals surface area contributed by atoms with E-state index in [9.17, 15) is 9.90 Å². The molecule has 144 valence electrons. The van der Waals surface area contributed by atoms with Crippen molar-refractivity contribution in [2.45, 2.75) is 19.1 Å². The maximum atomic E-state index is 10.9. The van der Waals surface area contributed by atoms with E-state index in [1.807, 2.05) is 24.3 Å². The molecule has 0 aliphatic carbocycles. The average molecular weight is 371 g/mol. The third-order valence-corrected chi connectivity index (χ3v) is 4.73. The highest BCUT2D eigenvalue weighted by atomic mass is 16.5. The Morgan fingerprint density at radius 2 is 2.00 bits per heavy atom. The van der Waals surface area contributed by atoms with E-state index in [4.69, 9.17) is 15.2 Å². The first-order valence-electron chi connectivity index (χ1n) is 8.92. The zero-order chi connectivity index (χ0) is 19.2. The van der Waals surface area contributed by atoms with Gasteiger partial charge >= 0.3 is 0 Å². The molecule has 1 aliphatic heterocycles. The van der Waals surface area contributed by atoms with Crippen molar-refractivity contribution in [3.63, 3.8) is 0 Å². The number of nitrogens with zero attached hydrogens (tertiary/aromatic N) is 2. The largest absolute Gasteiger partial charge is 0.493 e. The van der Waals surface area contributed by atoms with E-state index in [2.05, 4.69) is 9.88 Å². The van der Waals surface area contributed by atoms with Crippen LogP contribution in [0.15, 0.2) is 42.7 Å². The van der Waals surface area contributed by atoms with Gasteiger partial charge in [-0.05, 0) is 41.8 Å². The van der Waals surface area contributed by atoms with E-state index >= 15 is 0 Å². The number of likely N-dealkylation sites (tertiary alicyclic amines) is 1. The molecule has 0 bridgehead atoms. The zero-order valence-corrected chi connectivity index (χ0v) is 15.4. The van der Waals surface area contributed by atoms with Gasteiger partial charge in [0.15, 0.2) is 18.1 Å². The summed E-state index contributed by atoms with van der Waals surface area (Å²) in [6, 6.07) is 9.58. The molecule has 1 fully saturated rings. The highest BCUT2D eigenvalue weighted by Gasteiger charge is 2.31. The maximum Gasteiger partial charge on any atom is 0.255 e. The third-order valence-electron chi connectivity index (χ3n) is 4.73. The van der Waals surface area contributed by atoms with E-state index in [0.29, 0.717) is 24.6 Å². The van der Waals surface area contributed by atoms with Gasteiger partial charge < -0.3 is 20.3 Å². The van der Waals surface area contributed by atoms with Gasteiger partial charge in [0.05, 0.1) is 13.2 Å². The van der Waals surface area contributed by atoms with Gasteiger partial charge in [-0.3, -0.25) is 14.7 Å². The molecule has 7 heteroatoms. The number of methoxy groups -OCH3 is 1. The molecule has 0 unspecified atom stereocenters. The number of pyridine rings is 1. The molecule has 0 saturated carbocycles. The predicted octanol–water partition coefficient (Wildman–Crippen LogP) is 0.990. The molecule has 0 spiro atoms. The van der Waals surface area contributed by atoms with Crippen LogP contribution in [-0.4, -0.2) is 53.8 Å². The molecule has 27 heavy (non-hydrogen) atoms. The quantitative estimate of drug-likeness (QED) is 0.718. The standard InChI is InChI=1S/C20H25N3O4/c1-26-19-9-15(2-3-18(19)27-13-20(21)25)10-23-11-16(17(24)12-23)8-14-4-6-22-7-5-14/h2-7,9,16-17,24H,8,10-13H2,1H3,(H2,21,25)/t16-,17-/m1/s1. The zero-order valence-electron chi connectivity index (χ0n) is 15.4. The molecule has 2 aromatic rings. The van der Waals surface area contributed by atoms with Crippen LogP contribution in [0.4, 0.5) is 0 Å². The molecule has 3 N–H and O–H groups in total. The molecule has 1 aromatic carbocycles. The number of ether oxygens (including phenoxy) is 2. The number of primary amides is 1. The Balaban J connectivity index is 1.61. The fourth-order valence-corrected chi connectivity index (χ4v) is 3.43. The summed E-state index contributed by atoms with van der Waals surface area (Å²) in [6.45, 7) is 1.98. The van der Waals surface area contributed by atoms with Gasteiger partial charge in [0, 0.05) is 37.9 Å². The molecule has 1 amide bonds. The van der Waals surface area contributed by atoms with Crippen molar-refractivity contribution in [3.8, 4) is 11.5 Å². The lowest BCUT2D eigenvalue weighted by Gasteiger charge is -2.17. The van der Waals surface area contributed by atoms with Crippen LogP contribution in [0.1, 0.15) is 11.1 Å².